The zero-order valence-corrected chi connectivity index (χ0v) is 17.3. The van der Waals surface area contributed by atoms with Crippen LogP contribution in [0.1, 0.15) is 31.9 Å². The van der Waals surface area contributed by atoms with Crippen molar-refractivity contribution >= 4 is 23.4 Å². The summed E-state index contributed by atoms with van der Waals surface area (Å²) in [7, 11) is 3.97. The molecule has 2 N–H and O–H groups in total. The van der Waals surface area contributed by atoms with Crippen molar-refractivity contribution < 1.29 is 9.53 Å². The Kier molecular flexibility index (Phi) is 5.47. The van der Waals surface area contributed by atoms with Crippen LogP contribution in [0.5, 0.6) is 5.75 Å². The van der Waals surface area contributed by atoms with Crippen LogP contribution in [0.25, 0.3) is 6.08 Å². The van der Waals surface area contributed by atoms with Crippen LogP contribution in [0.3, 0.4) is 0 Å². The number of rotatable bonds is 4. The average Bonchev–Trinajstić information content (AvgIpc) is 2.62. The van der Waals surface area contributed by atoms with Gasteiger partial charge in [0.25, 0.3) is 5.91 Å². The minimum Gasteiger partial charge on any atom is -0.449 e. The molecule has 1 aliphatic rings. The van der Waals surface area contributed by atoms with E-state index in [1.54, 1.807) is 23.1 Å². The van der Waals surface area contributed by atoms with Crippen LogP contribution in [0.4, 0.5) is 11.4 Å². The molecule has 0 aliphatic carbocycles. The highest BCUT2D eigenvalue weighted by Crippen LogP contribution is 2.37. The number of nitrogens with zero attached hydrogens (tertiary/aromatic N) is 2. The van der Waals surface area contributed by atoms with Crippen LogP contribution in [0.2, 0.25) is 0 Å². The second-order valence-electron chi connectivity index (χ2n) is 8.47. The van der Waals surface area contributed by atoms with Gasteiger partial charge in [-0.15, -0.1) is 0 Å². The van der Waals surface area contributed by atoms with Crippen LogP contribution in [-0.4, -0.2) is 38.0 Å². The highest BCUT2D eigenvalue weighted by atomic mass is 16.5. The van der Waals surface area contributed by atoms with Crippen LogP contribution >= 0.6 is 0 Å². The smallest absolute Gasteiger partial charge is 0.294 e. The number of ether oxygens (including phenoxy) is 1. The number of hydrogen-bond donors (Lipinski definition) is 1. The number of benzene rings is 2. The van der Waals surface area contributed by atoms with E-state index in [1.807, 2.05) is 37.2 Å². The number of nitrogens with two attached hydrogens (primary N) is 1. The van der Waals surface area contributed by atoms with Gasteiger partial charge in [-0.05, 0) is 54.9 Å². The van der Waals surface area contributed by atoms with E-state index in [4.69, 9.17) is 10.5 Å². The summed E-state index contributed by atoms with van der Waals surface area (Å²) in [6, 6.07) is 13.6. The lowest BCUT2D eigenvalue weighted by Gasteiger charge is -2.31. The van der Waals surface area contributed by atoms with Gasteiger partial charge >= 0.3 is 0 Å². The lowest BCUT2D eigenvalue weighted by molar-refractivity contribution is -0.117. The topological polar surface area (TPSA) is 58.8 Å². The maximum absolute atomic E-state index is 13.1. The standard InChI is InChI=1S/C23H29N3O2/c1-23(2,3)17-8-6-16(7-9-17)14-21-22(27)26(13-12-25(4)5)19-15-18(24)10-11-20(19)28-21/h6-11,14-15H,12-13,24H2,1-5H3/b21-14+. The fraction of sp³-hybridized carbons (Fsp3) is 0.348. The molecule has 0 unspecified atom stereocenters. The Balaban J connectivity index is 1.94. The monoisotopic (exact) mass is 379 g/mol. The lowest BCUT2D eigenvalue weighted by Crippen LogP contribution is -2.41. The number of carbonyl (C=O) groups excluding carboxylic acids is 1. The molecule has 2 aromatic carbocycles. The summed E-state index contributed by atoms with van der Waals surface area (Å²) >= 11 is 0. The fourth-order valence-corrected chi connectivity index (χ4v) is 3.08. The van der Waals surface area contributed by atoms with Crippen LogP contribution < -0.4 is 15.4 Å². The molecule has 0 aromatic heterocycles. The predicted molar refractivity (Wildman–Crippen MR) is 116 cm³/mol. The van der Waals surface area contributed by atoms with Gasteiger partial charge in [0.05, 0.1) is 5.69 Å². The molecule has 0 bridgehead atoms. The summed E-state index contributed by atoms with van der Waals surface area (Å²) in [6.45, 7) is 7.85. The van der Waals surface area contributed by atoms with E-state index in [2.05, 4.69) is 32.9 Å². The summed E-state index contributed by atoms with van der Waals surface area (Å²) < 4.78 is 5.94. The molecule has 3 rings (SSSR count). The molecule has 0 atom stereocenters. The fourth-order valence-electron chi connectivity index (χ4n) is 3.08. The molecule has 5 heteroatoms. The van der Waals surface area contributed by atoms with Gasteiger partial charge in [-0.1, -0.05) is 45.0 Å². The van der Waals surface area contributed by atoms with Crippen molar-refractivity contribution in [1.29, 1.82) is 0 Å². The van der Waals surface area contributed by atoms with Gasteiger partial charge in [0.2, 0.25) is 0 Å². The van der Waals surface area contributed by atoms with Crippen molar-refractivity contribution in [3.05, 3.63) is 59.4 Å². The Labute approximate surface area is 167 Å². The third-order valence-electron chi connectivity index (χ3n) is 4.79. The first kappa shape index (κ1) is 20.0. The van der Waals surface area contributed by atoms with Crippen molar-refractivity contribution in [2.75, 3.05) is 37.8 Å². The third-order valence-corrected chi connectivity index (χ3v) is 4.79. The number of likely N-dealkylation sites (N-methyl/N-ethyl adjacent to an activating group) is 1. The van der Waals surface area contributed by atoms with E-state index in [0.717, 1.165) is 12.1 Å². The van der Waals surface area contributed by atoms with Gasteiger partial charge in [-0.2, -0.15) is 0 Å². The van der Waals surface area contributed by atoms with Gasteiger partial charge in [0, 0.05) is 18.8 Å². The van der Waals surface area contributed by atoms with Gasteiger partial charge in [0.15, 0.2) is 11.5 Å². The molecular weight excluding hydrogens is 350 g/mol. The molecule has 0 radical (unpaired) electrons. The van der Waals surface area contributed by atoms with Crippen LogP contribution in [0.15, 0.2) is 48.2 Å². The van der Waals surface area contributed by atoms with Gasteiger partial charge < -0.3 is 20.3 Å². The predicted octanol–water partition coefficient (Wildman–Crippen LogP) is 3.89. The zero-order chi connectivity index (χ0) is 20.5. The first-order valence-electron chi connectivity index (χ1n) is 9.51. The second kappa shape index (κ2) is 7.68. The highest BCUT2D eigenvalue weighted by Gasteiger charge is 2.30. The minimum absolute atomic E-state index is 0.0880. The maximum Gasteiger partial charge on any atom is 0.294 e. The van der Waals surface area contributed by atoms with E-state index in [0.29, 0.717) is 29.4 Å². The van der Waals surface area contributed by atoms with Crippen LogP contribution in [0, 0.1) is 0 Å². The number of anilines is 2. The molecule has 148 valence electrons. The maximum atomic E-state index is 13.1. The Morgan fingerprint density at radius 2 is 1.79 bits per heavy atom. The van der Waals surface area contributed by atoms with Crippen molar-refractivity contribution in [3.63, 3.8) is 0 Å². The number of nitrogen functional groups attached to an aromatic ring is 1. The molecule has 0 spiro atoms. The van der Waals surface area contributed by atoms with E-state index >= 15 is 0 Å². The normalized spacial score (nSPS) is 15.7. The molecule has 0 saturated heterocycles. The third kappa shape index (κ3) is 4.37. The molecule has 0 saturated carbocycles. The first-order valence-corrected chi connectivity index (χ1v) is 9.51. The molecule has 2 aromatic rings. The van der Waals surface area contributed by atoms with Crippen LogP contribution in [-0.2, 0) is 10.2 Å². The summed E-state index contributed by atoms with van der Waals surface area (Å²) in [5.41, 5.74) is 9.53. The Hall–Kier alpha value is -2.79. The summed E-state index contributed by atoms with van der Waals surface area (Å²) in [6.07, 6.45) is 1.80. The van der Waals surface area contributed by atoms with Crippen molar-refractivity contribution in [2.45, 2.75) is 26.2 Å². The molecule has 5 nitrogen and oxygen atoms in total. The molecule has 1 aliphatic heterocycles. The summed E-state index contributed by atoms with van der Waals surface area (Å²) in [4.78, 5) is 16.9. The minimum atomic E-state index is -0.153. The SMILES string of the molecule is CN(C)CCN1C(=O)/C(=C\c2ccc(C(C)(C)C)cc2)Oc2ccc(N)cc21. The van der Waals surface area contributed by atoms with E-state index in [-0.39, 0.29) is 11.3 Å². The molecule has 1 heterocycles. The van der Waals surface area contributed by atoms with Gasteiger partial charge in [0.1, 0.15) is 0 Å². The van der Waals surface area contributed by atoms with Crippen molar-refractivity contribution in [3.8, 4) is 5.75 Å². The average molecular weight is 380 g/mol. The number of carbonyl (C=O) groups is 1. The second-order valence-corrected chi connectivity index (χ2v) is 8.47. The first-order chi connectivity index (χ1) is 13.1. The summed E-state index contributed by atoms with van der Waals surface area (Å²) in [5.74, 6) is 0.810. The summed E-state index contributed by atoms with van der Waals surface area (Å²) in [5, 5.41) is 0. The lowest BCUT2D eigenvalue weighted by atomic mass is 9.87. The molecule has 1 amide bonds. The Morgan fingerprint density at radius 3 is 2.39 bits per heavy atom. The number of hydrogen-bond acceptors (Lipinski definition) is 4. The van der Waals surface area contributed by atoms with Crippen molar-refractivity contribution in [2.24, 2.45) is 0 Å². The largest absolute Gasteiger partial charge is 0.449 e. The Bertz CT molecular complexity index is 893. The van der Waals surface area contributed by atoms with E-state index in [1.165, 1.54) is 5.56 Å². The Morgan fingerprint density at radius 1 is 1.11 bits per heavy atom. The molecule has 0 fully saturated rings. The molecular formula is C23H29N3O2. The quantitative estimate of drug-likeness (QED) is 0.647. The van der Waals surface area contributed by atoms with E-state index < -0.39 is 0 Å². The van der Waals surface area contributed by atoms with E-state index in [9.17, 15) is 4.79 Å². The zero-order valence-electron chi connectivity index (χ0n) is 17.3. The molecule has 28 heavy (non-hydrogen) atoms. The number of fused-ring (bicyclic) bond motifs is 1. The highest BCUT2D eigenvalue weighted by molar-refractivity contribution is 6.10. The van der Waals surface area contributed by atoms with Crippen molar-refractivity contribution in [1.82, 2.24) is 4.90 Å². The number of amides is 1. The van der Waals surface area contributed by atoms with Gasteiger partial charge in [-0.25, -0.2) is 0 Å². The van der Waals surface area contributed by atoms with Gasteiger partial charge in [-0.3, -0.25) is 4.79 Å².